The average molecular weight is 297 g/mol. The standard InChI is InChI=1S/C13H9ClO4S/c15-14(16,17)18-19-9-10-5-1-2-6-11(10)12-7-3-4-8-13(12)19/h1-9H. The fourth-order valence-electron chi connectivity index (χ4n) is 2.02. The van der Waals surface area contributed by atoms with Crippen molar-refractivity contribution in [2.45, 2.75) is 4.90 Å². The van der Waals surface area contributed by atoms with Crippen LogP contribution in [0, 0.1) is 10.2 Å². The molecule has 0 bridgehead atoms. The van der Waals surface area contributed by atoms with Gasteiger partial charge in [0.15, 0.2) is 0 Å². The van der Waals surface area contributed by atoms with Gasteiger partial charge in [-0.3, -0.25) is 0 Å². The lowest BCUT2D eigenvalue weighted by Gasteiger charge is -2.20. The van der Waals surface area contributed by atoms with E-state index in [1.807, 2.05) is 36.4 Å². The first-order valence-electron chi connectivity index (χ1n) is 5.42. The van der Waals surface area contributed by atoms with E-state index >= 15 is 0 Å². The lowest BCUT2D eigenvalue weighted by atomic mass is 10.0. The van der Waals surface area contributed by atoms with Gasteiger partial charge >= 0.3 is 0 Å². The summed E-state index contributed by atoms with van der Waals surface area (Å²) in [5, 5.41) is 1.67. The molecule has 1 aliphatic rings. The minimum atomic E-state index is -4.46. The largest absolute Gasteiger partial charge is 0.182 e. The third-order valence-electron chi connectivity index (χ3n) is 2.73. The van der Waals surface area contributed by atoms with Crippen molar-refractivity contribution in [2.24, 2.45) is 0 Å². The lowest BCUT2D eigenvalue weighted by Crippen LogP contribution is -2.60. The Labute approximate surface area is 114 Å². The Morgan fingerprint density at radius 2 is 1.47 bits per heavy atom. The van der Waals surface area contributed by atoms with Crippen molar-refractivity contribution >= 4 is 16.1 Å². The molecule has 0 spiro atoms. The Hall–Kier alpha value is -1.21. The lowest BCUT2D eigenvalue weighted by molar-refractivity contribution is -1.91. The number of fused-ring (bicyclic) bond motifs is 3. The first kappa shape index (κ1) is 12.8. The molecule has 4 nitrogen and oxygen atoms in total. The van der Waals surface area contributed by atoms with Gasteiger partial charge in [0.1, 0.15) is 14.5 Å². The third kappa shape index (κ3) is 2.57. The van der Waals surface area contributed by atoms with Gasteiger partial charge in [-0.15, -0.1) is 0 Å². The fourth-order valence-corrected chi connectivity index (χ4v) is 4.28. The van der Waals surface area contributed by atoms with Gasteiger partial charge < -0.3 is 0 Å². The van der Waals surface area contributed by atoms with E-state index in [4.69, 9.17) is 0 Å². The fraction of sp³-hybridized carbons (Fsp3) is 0. The quantitative estimate of drug-likeness (QED) is 0.729. The minimum Gasteiger partial charge on any atom is -0.182 e. The average Bonchev–Trinajstić information content (AvgIpc) is 2.37. The first-order chi connectivity index (χ1) is 9.04. The molecule has 0 saturated heterocycles. The number of halogens is 1. The number of benzene rings is 2. The molecule has 0 amide bonds. The Bertz CT molecular complexity index is 664. The highest BCUT2D eigenvalue weighted by atomic mass is 35.7. The van der Waals surface area contributed by atoms with Gasteiger partial charge in [-0.2, -0.15) is 14.0 Å². The minimum absolute atomic E-state index is 0.702. The van der Waals surface area contributed by atoms with Crippen LogP contribution in [0.4, 0.5) is 0 Å². The molecule has 1 heterocycles. The van der Waals surface area contributed by atoms with Crippen LogP contribution in [-0.2, 0) is 3.74 Å². The van der Waals surface area contributed by atoms with Crippen LogP contribution in [0.25, 0.3) is 11.1 Å². The molecule has 0 aromatic heterocycles. The third-order valence-corrected chi connectivity index (χ3v) is 5.15. The second-order valence-corrected chi connectivity index (χ2v) is 6.47. The van der Waals surface area contributed by atoms with Gasteiger partial charge in [0.25, 0.3) is 0 Å². The van der Waals surface area contributed by atoms with Crippen molar-refractivity contribution in [1.29, 1.82) is 0 Å². The van der Waals surface area contributed by atoms with Gasteiger partial charge in [0.05, 0.1) is 15.1 Å². The van der Waals surface area contributed by atoms with Gasteiger partial charge in [-0.25, -0.2) is 0 Å². The molecule has 2 aromatic carbocycles. The first-order valence-corrected chi connectivity index (χ1v) is 7.86. The topological polar surface area (TPSA) is 78.4 Å². The Morgan fingerprint density at radius 3 is 2.21 bits per heavy atom. The van der Waals surface area contributed by atoms with Crippen molar-refractivity contribution in [3.05, 3.63) is 54.1 Å². The van der Waals surface area contributed by atoms with Crippen molar-refractivity contribution < 1.29 is 28.0 Å². The van der Waals surface area contributed by atoms with Crippen molar-refractivity contribution in [2.75, 3.05) is 0 Å². The number of hydrogen-bond donors (Lipinski definition) is 0. The van der Waals surface area contributed by atoms with Crippen LogP contribution in [0.3, 0.4) is 0 Å². The molecule has 0 N–H and O–H groups in total. The highest BCUT2D eigenvalue weighted by Crippen LogP contribution is 2.43. The van der Waals surface area contributed by atoms with E-state index in [0.717, 1.165) is 16.7 Å². The Balaban J connectivity index is 2.19. The van der Waals surface area contributed by atoms with Crippen LogP contribution in [0.15, 0.2) is 53.4 Å². The molecule has 19 heavy (non-hydrogen) atoms. The monoisotopic (exact) mass is 296 g/mol. The van der Waals surface area contributed by atoms with E-state index < -0.39 is 21.0 Å². The maximum absolute atomic E-state index is 10.8. The predicted molar refractivity (Wildman–Crippen MR) is 64.0 cm³/mol. The maximum atomic E-state index is 10.8. The summed E-state index contributed by atoms with van der Waals surface area (Å²) in [7, 11) is -5.64. The van der Waals surface area contributed by atoms with Crippen molar-refractivity contribution in [1.82, 2.24) is 0 Å². The molecule has 1 atom stereocenters. The van der Waals surface area contributed by atoms with E-state index in [2.05, 4.69) is 3.74 Å². The number of hydrogen-bond acceptors (Lipinski definition) is 4. The summed E-state index contributed by atoms with van der Waals surface area (Å²) in [5.74, 6) is 0. The summed E-state index contributed by atoms with van der Waals surface area (Å²) in [6, 6.07) is 14.9. The van der Waals surface area contributed by atoms with Crippen molar-refractivity contribution in [3.8, 4) is 11.1 Å². The summed E-state index contributed by atoms with van der Waals surface area (Å²) in [5.41, 5.74) is 2.76. The van der Waals surface area contributed by atoms with Gasteiger partial charge in [-0.05, 0) is 22.8 Å². The summed E-state index contributed by atoms with van der Waals surface area (Å²) in [6.45, 7) is 0. The van der Waals surface area contributed by atoms with Crippen LogP contribution < -0.4 is 14.0 Å². The second-order valence-electron chi connectivity index (χ2n) is 3.94. The van der Waals surface area contributed by atoms with Crippen molar-refractivity contribution in [3.63, 3.8) is 0 Å². The molecule has 1 aliphatic heterocycles. The molecule has 6 heteroatoms. The molecule has 0 aliphatic carbocycles. The molecular formula is C13H9ClO4S. The molecule has 2 aromatic rings. The van der Waals surface area contributed by atoms with E-state index in [-0.39, 0.29) is 0 Å². The molecular weight excluding hydrogens is 288 g/mol. The molecule has 0 fully saturated rings. The highest BCUT2D eigenvalue weighted by Gasteiger charge is 2.28. The molecule has 0 radical (unpaired) electrons. The summed E-state index contributed by atoms with van der Waals surface area (Å²) in [6.07, 6.45) is 0. The zero-order valence-electron chi connectivity index (χ0n) is 9.62. The number of rotatable bonds is 2. The normalized spacial score (nSPS) is 17.3. The van der Waals surface area contributed by atoms with Crippen LogP contribution >= 0.6 is 10.8 Å². The van der Waals surface area contributed by atoms with E-state index in [0.29, 0.717) is 4.90 Å². The second kappa shape index (κ2) is 4.72. The maximum Gasteiger partial charge on any atom is 0.141 e. The zero-order chi connectivity index (χ0) is 13.5. The molecule has 98 valence electrons. The molecule has 3 rings (SSSR count). The van der Waals surface area contributed by atoms with Crippen LogP contribution in [0.2, 0.25) is 0 Å². The van der Waals surface area contributed by atoms with E-state index in [1.165, 1.54) is 0 Å². The smallest absolute Gasteiger partial charge is 0.141 e. The van der Waals surface area contributed by atoms with Gasteiger partial charge in [0, 0.05) is 5.37 Å². The predicted octanol–water partition coefficient (Wildman–Crippen LogP) is -0.0258. The Kier molecular flexibility index (Phi) is 3.18. The van der Waals surface area contributed by atoms with Crippen LogP contribution in [0.1, 0.15) is 5.56 Å². The molecule has 1 unspecified atom stereocenters. The van der Waals surface area contributed by atoms with Gasteiger partial charge in [-0.1, -0.05) is 42.5 Å². The van der Waals surface area contributed by atoms with Crippen LogP contribution in [0.5, 0.6) is 0 Å². The van der Waals surface area contributed by atoms with Crippen LogP contribution in [-0.4, -0.2) is 5.37 Å². The zero-order valence-corrected chi connectivity index (χ0v) is 11.2. The summed E-state index contributed by atoms with van der Waals surface area (Å²) < 4.78 is 37.0. The van der Waals surface area contributed by atoms with Gasteiger partial charge in [0.2, 0.25) is 0 Å². The molecule has 0 saturated carbocycles. The Morgan fingerprint density at radius 1 is 0.842 bits per heavy atom. The SMILES string of the molecule is [O-][Cl+3]([O-])([O-])OS1=Cc2ccccc2-c2ccccc21. The highest BCUT2D eigenvalue weighted by molar-refractivity contribution is 8.11. The van der Waals surface area contributed by atoms with E-state index in [1.54, 1.807) is 17.5 Å². The summed E-state index contributed by atoms with van der Waals surface area (Å²) >= 11 is 0. The van der Waals surface area contributed by atoms with E-state index in [9.17, 15) is 14.0 Å². The summed E-state index contributed by atoms with van der Waals surface area (Å²) in [4.78, 5) is 0.702.